The molecule has 0 radical (unpaired) electrons. The van der Waals surface area contributed by atoms with Crippen molar-refractivity contribution < 1.29 is 9.53 Å². The third kappa shape index (κ3) is 4.24. The van der Waals surface area contributed by atoms with E-state index in [4.69, 9.17) is 10.5 Å². The van der Waals surface area contributed by atoms with Crippen molar-refractivity contribution in [2.24, 2.45) is 5.73 Å². The molecular weight excluding hydrogens is 240 g/mol. The average Bonchev–Trinajstić information content (AvgIpc) is 2.38. The Balaban J connectivity index is 2.69. The Morgan fingerprint density at radius 1 is 1.53 bits per heavy atom. The number of amides is 1. The molecule has 19 heavy (non-hydrogen) atoms. The summed E-state index contributed by atoms with van der Waals surface area (Å²) in [4.78, 5) is 11.4. The molecule has 1 amide bonds. The first kappa shape index (κ1) is 15.5. The topological polar surface area (TPSA) is 64.3 Å². The van der Waals surface area contributed by atoms with Crippen LogP contribution in [0.1, 0.15) is 32.8 Å². The number of carbonyl (C=O) groups is 1. The Kier molecular flexibility index (Phi) is 5.36. The van der Waals surface area contributed by atoms with Crippen LogP contribution in [-0.2, 0) is 11.2 Å². The van der Waals surface area contributed by atoms with Crippen molar-refractivity contribution in [1.29, 1.82) is 0 Å². The molecule has 0 saturated carbocycles. The molecule has 0 spiro atoms. The van der Waals surface area contributed by atoms with E-state index in [1.807, 2.05) is 25.1 Å². The number of likely N-dealkylation sites (N-methyl/N-ethyl adjacent to an activating group) is 1. The molecule has 2 unspecified atom stereocenters. The van der Waals surface area contributed by atoms with E-state index in [0.717, 1.165) is 12.2 Å². The monoisotopic (exact) mass is 264 g/mol. The highest BCUT2D eigenvalue weighted by Crippen LogP contribution is 2.19. The Morgan fingerprint density at radius 2 is 2.21 bits per heavy atom. The minimum Gasteiger partial charge on any atom is -0.491 e. The van der Waals surface area contributed by atoms with Gasteiger partial charge < -0.3 is 15.8 Å². The van der Waals surface area contributed by atoms with Crippen LogP contribution >= 0.6 is 0 Å². The molecule has 0 bridgehead atoms. The fraction of sp³-hybridized carbons (Fsp3) is 0.533. The predicted octanol–water partition coefficient (Wildman–Crippen LogP) is 1.87. The lowest BCUT2D eigenvalue weighted by Gasteiger charge is -2.28. The van der Waals surface area contributed by atoms with Gasteiger partial charge in [0.15, 0.2) is 0 Å². The number of hydrogen-bond donors (Lipinski definition) is 2. The number of primary amides is 1. The molecule has 0 fully saturated rings. The van der Waals surface area contributed by atoms with Gasteiger partial charge in [-0.25, -0.2) is 0 Å². The van der Waals surface area contributed by atoms with Crippen LogP contribution < -0.4 is 15.8 Å². The largest absolute Gasteiger partial charge is 0.491 e. The minimum absolute atomic E-state index is 0.0999. The zero-order valence-corrected chi connectivity index (χ0v) is 12.2. The molecule has 1 aromatic rings. The predicted molar refractivity (Wildman–Crippen MR) is 77.2 cm³/mol. The van der Waals surface area contributed by atoms with Crippen molar-refractivity contribution in [2.45, 2.75) is 45.3 Å². The van der Waals surface area contributed by atoms with E-state index >= 15 is 0 Å². The smallest absolute Gasteiger partial charge is 0.237 e. The molecule has 3 N–H and O–H groups in total. The van der Waals surface area contributed by atoms with Gasteiger partial charge in [-0.05, 0) is 45.0 Å². The van der Waals surface area contributed by atoms with Gasteiger partial charge in [0.1, 0.15) is 5.75 Å². The summed E-state index contributed by atoms with van der Waals surface area (Å²) in [5.41, 5.74) is 5.90. The van der Waals surface area contributed by atoms with Gasteiger partial charge in [-0.3, -0.25) is 4.79 Å². The van der Waals surface area contributed by atoms with Crippen LogP contribution in [0.15, 0.2) is 24.3 Å². The minimum atomic E-state index is -0.748. The van der Waals surface area contributed by atoms with Gasteiger partial charge in [0.05, 0.1) is 11.6 Å². The highest BCUT2D eigenvalue weighted by atomic mass is 16.5. The van der Waals surface area contributed by atoms with E-state index in [1.165, 1.54) is 5.56 Å². The van der Waals surface area contributed by atoms with Gasteiger partial charge in [0, 0.05) is 6.42 Å². The number of nitrogens with one attached hydrogen (secondary N) is 1. The summed E-state index contributed by atoms with van der Waals surface area (Å²) in [6, 6.07) is 8.00. The lowest BCUT2D eigenvalue weighted by Crippen LogP contribution is -2.53. The summed E-state index contributed by atoms with van der Waals surface area (Å²) in [7, 11) is 1.73. The van der Waals surface area contributed by atoms with E-state index in [2.05, 4.69) is 18.3 Å². The molecule has 1 aromatic carbocycles. The van der Waals surface area contributed by atoms with E-state index in [-0.39, 0.29) is 12.0 Å². The Hall–Kier alpha value is -1.55. The second-order valence-electron chi connectivity index (χ2n) is 5.08. The van der Waals surface area contributed by atoms with Crippen LogP contribution in [0.5, 0.6) is 5.75 Å². The number of ether oxygens (including phenoxy) is 1. The van der Waals surface area contributed by atoms with Crippen LogP contribution in [0.4, 0.5) is 0 Å². The molecule has 0 heterocycles. The SMILES string of the molecule is CCc1cccc(OC(C)CC(C)(NC)C(N)=O)c1. The molecule has 0 aliphatic carbocycles. The molecular formula is C15H24N2O2. The van der Waals surface area contributed by atoms with Gasteiger partial charge in [-0.15, -0.1) is 0 Å². The van der Waals surface area contributed by atoms with E-state index in [9.17, 15) is 4.79 Å². The van der Waals surface area contributed by atoms with Gasteiger partial charge in [0.25, 0.3) is 0 Å². The summed E-state index contributed by atoms with van der Waals surface area (Å²) in [5.74, 6) is 0.461. The third-order valence-corrected chi connectivity index (χ3v) is 3.44. The van der Waals surface area contributed by atoms with Gasteiger partial charge >= 0.3 is 0 Å². The zero-order valence-electron chi connectivity index (χ0n) is 12.2. The second-order valence-corrected chi connectivity index (χ2v) is 5.08. The van der Waals surface area contributed by atoms with Crippen LogP contribution in [0.2, 0.25) is 0 Å². The number of carbonyl (C=O) groups excluding carboxylic acids is 1. The summed E-state index contributed by atoms with van der Waals surface area (Å²) >= 11 is 0. The first-order chi connectivity index (χ1) is 8.91. The average molecular weight is 264 g/mol. The van der Waals surface area contributed by atoms with Crippen molar-refractivity contribution in [2.75, 3.05) is 7.05 Å². The first-order valence-electron chi connectivity index (χ1n) is 6.65. The van der Waals surface area contributed by atoms with Gasteiger partial charge in [0.2, 0.25) is 5.91 Å². The highest BCUT2D eigenvalue weighted by Gasteiger charge is 2.31. The standard InChI is InChI=1S/C15H24N2O2/c1-5-12-7-6-8-13(9-12)19-11(2)10-15(3,17-4)14(16)18/h6-9,11,17H,5,10H2,1-4H3,(H2,16,18). The fourth-order valence-corrected chi connectivity index (χ4v) is 2.01. The Morgan fingerprint density at radius 3 is 2.74 bits per heavy atom. The lowest BCUT2D eigenvalue weighted by molar-refractivity contribution is -0.124. The first-order valence-corrected chi connectivity index (χ1v) is 6.65. The lowest BCUT2D eigenvalue weighted by atomic mass is 9.94. The summed E-state index contributed by atoms with van der Waals surface area (Å²) in [5, 5.41) is 2.96. The molecule has 0 aliphatic heterocycles. The van der Waals surface area contributed by atoms with Crippen molar-refractivity contribution in [3.05, 3.63) is 29.8 Å². The van der Waals surface area contributed by atoms with E-state index in [1.54, 1.807) is 14.0 Å². The maximum Gasteiger partial charge on any atom is 0.237 e. The molecule has 0 saturated heterocycles. The molecule has 106 valence electrons. The van der Waals surface area contributed by atoms with Crippen LogP contribution in [0.25, 0.3) is 0 Å². The molecule has 1 rings (SSSR count). The summed E-state index contributed by atoms with van der Waals surface area (Å²) in [6.45, 7) is 5.84. The van der Waals surface area contributed by atoms with E-state index < -0.39 is 5.54 Å². The second kappa shape index (κ2) is 6.57. The number of aryl methyl sites for hydroxylation is 1. The van der Waals surface area contributed by atoms with Crippen molar-refractivity contribution in [3.8, 4) is 5.75 Å². The number of benzene rings is 1. The van der Waals surface area contributed by atoms with Crippen LogP contribution in [-0.4, -0.2) is 24.6 Å². The van der Waals surface area contributed by atoms with Gasteiger partial charge in [-0.2, -0.15) is 0 Å². The molecule has 0 aliphatic rings. The van der Waals surface area contributed by atoms with Crippen LogP contribution in [0.3, 0.4) is 0 Å². The van der Waals surface area contributed by atoms with Gasteiger partial charge in [-0.1, -0.05) is 19.1 Å². The highest BCUT2D eigenvalue weighted by molar-refractivity contribution is 5.84. The normalized spacial score (nSPS) is 15.6. The third-order valence-electron chi connectivity index (χ3n) is 3.44. The maximum absolute atomic E-state index is 11.4. The number of rotatable bonds is 7. The van der Waals surface area contributed by atoms with Crippen molar-refractivity contribution >= 4 is 5.91 Å². The number of nitrogens with two attached hydrogens (primary N) is 1. The van der Waals surface area contributed by atoms with Crippen molar-refractivity contribution in [1.82, 2.24) is 5.32 Å². The fourth-order valence-electron chi connectivity index (χ4n) is 2.01. The zero-order chi connectivity index (χ0) is 14.5. The van der Waals surface area contributed by atoms with E-state index in [0.29, 0.717) is 6.42 Å². The summed E-state index contributed by atoms with van der Waals surface area (Å²) in [6.07, 6.45) is 1.40. The molecule has 2 atom stereocenters. The maximum atomic E-state index is 11.4. The Bertz CT molecular complexity index is 434. The quantitative estimate of drug-likeness (QED) is 0.790. The molecule has 0 aromatic heterocycles. The van der Waals surface area contributed by atoms with Crippen molar-refractivity contribution in [3.63, 3.8) is 0 Å². The molecule has 4 heteroatoms. The summed E-state index contributed by atoms with van der Waals surface area (Å²) < 4.78 is 5.86. The van der Waals surface area contributed by atoms with Crippen LogP contribution in [0, 0.1) is 0 Å². The molecule has 4 nitrogen and oxygen atoms in total. The Labute approximate surface area is 115 Å². The number of hydrogen-bond acceptors (Lipinski definition) is 3.